The van der Waals surface area contributed by atoms with Crippen molar-refractivity contribution in [2.45, 2.75) is 13.8 Å². The zero-order chi connectivity index (χ0) is 21.6. The van der Waals surface area contributed by atoms with Gasteiger partial charge in [-0.2, -0.15) is 0 Å². The number of halogens is 1. The van der Waals surface area contributed by atoms with Gasteiger partial charge in [-0.15, -0.1) is 0 Å². The van der Waals surface area contributed by atoms with Gasteiger partial charge in [0, 0.05) is 11.6 Å². The molecule has 0 aliphatic rings. The van der Waals surface area contributed by atoms with E-state index in [4.69, 9.17) is 11.6 Å². The number of amides is 2. The van der Waals surface area contributed by atoms with Crippen molar-refractivity contribution >= 4 is 44.8 Å². The van der Waals surface area contributed by atoms with Crippen molar-refractivity contribution in [1.29, 1.82) is 0 Å². The fourth-order valence-electron chi connectivity index (χ4n) is 2.53. The highest BCUT2D eigenvalue weighted by Crippen LogP contribution is 2.22. The molecule has 2 N–H and O–H groups in total. The minimum absolute atomic E-state index is 0.276. The lowest BCUT2D eigenvalue weighted by atomic mass is 10.1. The highest BCUT2D eigenvalue weighted by atomic mass is 35.5. The number of para-hydroxylation sites is 1. The number of carbonyl (C=O) groups excluding carboxylic acids is 2. The molecule has 0 aliphatic carbocycles. The molecule has 0 saturated carbocycles. The summed E-state index contributed by atoms with van der Waals surface area (Å²) in [5, 5.41) is 5.78. The van der Waals surface area contributed by atoms with Crippen LogP contribution in [0.3, 0.4) is 0 Å². The van der Waals surface area contributed by atoms with Crippen LogP contribution >= 0.6 is 11.6 Å². The topological polar surface area (TPSA) is 95.6 Å². The second-order valence-corrected chi connectivity index (χ2v) is 9.29. The van der Waals surface area contributed by atoms with E-state index >= 15 is 0 Å². The van der Waals surface area contributed by atoms with Gasteiger partial charge < -0.3 is 10.6 Å². The Kier molecular flexibility index (Phi) is 7.64. The zero-order valence-electron chi connectivity index (χ0n) is 16.5. The predicted molar refractivity (Wildman–Crippen MR) is 116 cm³/mol. The van der Waals surface area contributed by atoms with Crippen molar-refractivity contribution < 1.29 is 18.0 Å². The largest absolute Gasteiger partial charge is 0.352 e. The molecule has 2 aromatic carbocycles. The van der Waals surface area contributed by atoms with Crippen molar-refractivity contribution in [1.82, 2.24) is 5.32 Å². The van der Waals surface area contributed by atoms with Gasteiger partial charge in [0.15, 0.2) is 0 Å². The van der Waals surface area contributed by atoms with Crippen LogP contribution in [0.15, 0.2) is 48.5 Å². The molecular weight excluding hydrogens is 414 g/mol. The molecule has 2 rings (SSSR count). The summed E-state index contributed by atoms with van der Waals surface area (Å²) in [6.45, 7) is 3.99. The van der Waals surface area contributed by atoms with Crippen molar-refractivity contribution in [3.63, 3.8) is 0 Å². The molecule has 0 fully saturated rings. The minimum atomic E-state index is -3.73. The second-order valence-electron chi connectivity index (χ2n) is 6.95. The van der Waals surface area contributed by atoms with Crippen LogP contribution in [0.2, 0.25) is 5.02 Å². The fourth-order valence-corrected chi connectivity index (χ4v) is 3.57. The summed E-state index contributed by atoms with van der Waals surface area (Å²) in [4.78, 5) is 25.0. The molecule has 29 heavy (non-hydrogen) atoms. The molecule has 0 bridgehead atoms. The average Bonchev–Trinajstić information content (AvgIpc) is 2.63. The number of carbonyl (C=O) groups is 2. The van der Waals surface area contributed by atoms with Crippen molar-refractivity contribution in [2.24, 2.45) is 5.92 Å². The molecule has 0 saturated heterocycles. The van der Waals surface area contributed by atoms with Crippen molar-refractivity contribution in [3.8, 4) is 0 Å². The van der Waals surface area contributed by atoms with Crippen LogP contribution in [0.1, 0.15) is 24.2 Å². The second kappa shape index (κ2) is 9.76. The number of nitrogens with one attached hydrogen (secondary N) is 2. The van der Waals surface area contributed by atoms with Crippen molar-refractivity contribution in [3.05, 3.63) is 59.1 Å². The maximum atomic E-state index is 12.6. The molecule has 0 spiro atoms. The van der Waals surface area contributed by atoms with Crippen molar-refractivity contribution in [2.75, 3.05) is 29.0 Å². The SMILES string of the molecule is CC(C)CNC(=O)c1ccccc1NC(=O)CN(c1cccc(Cl)c1)S(C)(=O)=O. The van der Waals surface area contributed by atoms with Crippen LogP contribution < -0.4 is 14.9 Å². The third-order valence-electron chi connectivity index (χ3n) is 3.90. The molecule has 0 radical (unpaired) electrons. The van der Waals surface area contributed by atoms with Crippen LogP contribution in [0, 0.1) is 5.92 Å². The van der Waals surface area contributed by atoms with E-state index in [9.17, 15) is 18.0 Å². The number of nitrogens with zero attached hydrogens (tertiary/aromatic N) is 1. The lowest BCUT2D eigenvalue weighted by Crippen LogP contribution is -2.37. The standard InChI is InChI=1S/C20H24ClN3O4S/c1-14(2)12-22-20(26)17-9-4-5-10-18(17)23-19(25)13-24(29(3,27)28)16-8-6-7-15(21)11-16/h4-11,14H,12-13H2,1-3H3,(H,22,26)(H,23,25). The van der Waals surface area contributed by atoms with Crippen LogP contribution in [0.25, 0.3) is 0 Å². The molecule has 7 nitrogen and oxygen atoms in total. The maximum Gasteiger partial charge on any atom is 0.253 e. The van der Waals surface area contributed by atoms with E-state index in [0.29, 0.717) is 22.8 Å². The summed E-state index contributed by atoms with van der Waals surface area (Å²) in [6, 6.07) is 12.8. The Morgan fingerprint density at radius 2 is 1.79 bits per heavy atom. The Bertz CT molecular complexity index is 993. The molecule has 2 amide bonds. The Morgan fingerprint density at radius 1 is 1.10 bits per heavy atom. The highest BCUT2D eigenvalue weighted by Gasteiger charge is 2.22. The summed E-state index contributed by atoms with van der Waals surface area (Å²) in [5.74, 6) is -0.620. The Hall–Kier alpha value is -2.58. The summed E-state index contributed by atoms with van der Waals surface area (Å²) in [6.07, 6.45) is 1.01. The van der Waals surface area contributed by atoms with Gasteiger partial charge in [-0.05, 0) is 36.2 Å². The van der Waals surface area contributed by atoms with Gasteiger partial charge in [-0.1, -0.05) is 43.6 Å². The van der Waals surface area contributed by atoms with E-state index in [-0.39, 0.29) is 17.5 Å². The fraction of sp³-hybridized carbons (Fsp3) is 0.300. The first-order valence-corrected chi connectivity index (χ1v) is 11.2. The molecule has 0 heterocycles. The minimum Gasteiger partial charge on any atom is -0.352 e. The van der Waals surface area contributed by atoms with Crippen LogP contribution in [0.5, 0.6) is 0 Å². The van der Waals surface area contributed by atoms with E-state index in [1.807, 2.05) is 13.8 Å². The van der Waals surface area contributed by atoms with E-state index < -0.39 is 22.5 Å². The molecule has 0 unspecified atom stereocenters. The van der Waals surface area contributed by atoms with Gasteiger partial charge in [-0.3, -0.25) is 13.9 Å². The molecule has 9 heteroatoms. The smallest absolute Gasteiger partial charge is 0.253 e. The van der Waals surface area contributed by atoms with Crippen LogP contribution in [0.4, 0.5) is 11.4 Å². The number of benzene rings is 2. The number of hydrogen-bond acceptors (Lipinski definition) is 4. The zero-order valence-corrected chi connectivity index (χ0v) is 18.0. The third kappa shape index (κ3) is 6.76. The monoisotopic (exact) mass is 437 g/mol. The highest BCUT2D eigenvalue weighted by molar-refractivity contribution is 7.92. The molecule has 0 aliphatic heterocycles. The summed E-state index contributed by atoms with van der Waals surface area (Å²) in [5.41, 5.74) is 0.881. The molecule has 2 aromatic rings. The molecule has 0 atom stereocenters. The van der Waals surface area contributed by atoms with E-state index in [2.05, 4.69) is 10.6 Å². The summed E-state index contributed by atoms with van der Waals surface area (Å²) >= 11 is 5.95. The quantitative estimate of drug-likeness (QED) is 0.663. The maximum absolute atomic E-state index is 12.6. The van der Waals surface area contributed by atoms with Gasteiger partial charge >= 0.3 is 0 Å². The summed E-state index contributed by atoms with van der Waals surface area (Å²) in [7, 11) is -3.73. The molecule has 156 valence electrons. The lowest BCUT2D eigenvalue weighted by molar-refractivity contribution is -0.114. The molecule has 0 aromatic heterocycles. The van der Waals surface area contributed by atoms with E-state index in [0.717, 1.165) is 10.6 Å². The average molecular weight is 438 g/mol. The number of anilines is 2. The van der Waals surface area contributed by atoms with E-state index in [1.54, 1.807) is 42.5 Å². The molecular formula is C20H24ClN3O4S. The first-order valence-electron chi connectivity index (χ1n) is 8.98. The van der Waals surface area contributed by atoms with Gasteiger partial charge in [0.05, 0.1) is 23.2 Å². The Balaban J connectivity index is 2.20. The number of rotatable bonds is 8. The third-order valence-corrected chi connectivity index (χ3v) is 5.28. The number of sulfonamides is 1. The van der Waals surface area contributed by atoms with Gasteiger partial charge in [-0.25, -0.2) is 8.42 Å². The van der Waals surface area contributed by atoms with E-state index in [1.165, 1.54) is 6.07 Å². The summed E-state index contributed by atoms with van der Waals surface area (Å²) < 4.78 is 25.3. The van der Waals surface area contributed by atoms with Crippen LogP contribution in [-0.2, 0) is 14.8 Å². The van der Waals surface area contributed by atoms with Gasteiger partial charge in [0.1, 0.15) is 6.54 Å². The lowest BCUT2D eigenvalue weighted by Gasteiger charge is -2.22. The van der Waals surface area contributed by atoms with Gasteiger partial charge in [0.2, 0.25) is 15.9 Å². The Morgan fingerprint density at radius 3 is 2.41 bits per heavy atom. The first-order chi connectivity index (χ1) is 13.6. The normalized spacial score (nSPS) is 11.2. The van der Waals surface area contributed by atoms with Gasteiger partial charge in [0.25, 0.3) is 5.91 Å². The predicted octanol–water partition coefficient (Wildman–Crippen LogP) is 3.13. The Labute approximate surface area is 176 Å². The number of hydrogen-bond donors (Lipinski definition) is 2. The first kappa shape index (κ1) is 22.7. The van der Waals surface area contributed by atoms with Crippen LogP contribution in [-0.4, -0.2) is 39.6 Å².